The number of ether oxygens (including phenoxy) is 1. The van der Waals surface area contributed by atoms with Crippen LogP contribution in [0.5, 0.6) is 11.6 Å². The number of aliphatic carboxylic acids is 1. The fraction of sp³-hybridized carbons (Fsp3) is 0.259. The molecular weight excluding hydrogens is 432 g/mol. The highest BCUT2D eigenvalue weighted by molar-refractivity contribution is 5.83. The first-order valence-electron chi connectivity index (χ1n) is 11.2. The number of rotatable bonds is 9. The van der Waals surface area contributed by atoms with Crippen molar-refractivity contribution in [3.63, 3.8) is 0 Å². The van der Waals surface area contributed by atoms with Crippen LogP contribution in [0, 0.1) is 0 Å². The van der Waals surface area contributed by atoms with Crippen LogP contribution < -0.4 is 10.4 Å². The first-order chi connectivity index (χ1) is 16.2. The Morgan fingerprint density at radius 3 is 2.35 bits per heavy atom. The Morgan fingerprint density at radius 1 is 0.971 bits per heavy atom. The Balaban J connectivity index is 1.37. The third kappa shape index (κ3) is 5.14. The van der Waals surface area contributed by atoms with Gasteiger partial charge in [0.15, 0.2) is 5.60 Å². The van der Waals surface area contributed by atoms with E-state index in [1.165, 1.54) is 18.4 Å². The van der Waals surface area contributed by atoms with E-state index in [9.17, 15) is 19.8 Å². The van der Waals surface area contributed by atoms with Crippen molar-refractivity contribution in [1.29, 1.82) is 0 Å². The summed E-state index contributed by atoms with van der Waals surface area (Å²) in [4.78, 5) is 26.4. The zero-order valence-corrected chi connectivity index (χ0v) is 19.2. The molecule has 34 heavy (non-hydrogen) atoms. The average Bonchev–Trinajstić information content (AvgIpc) is 3.07. The van der Waals surface area contributed by atoms with Gasteiger partial charge in [0.2, 0.25) is 5.88 Å². The summed E-state index contributed by atoms with van der Waals surface area (Å²) in [6, 6.07) is 21.3. The molecule has 7 nitrogen and oxygen atoms in total. The van der Waals surface area contributed by atoms with Gasteiger partial charge in [-0.3, -0.25) is 4.57 Å². The van der Waals surface area contributed by atoms with Gasteiger partial charge in [-0.25, -0.2) is 9.59 Å². The van der Waals surface area contributed by atoms with Gasteiger partial charge in [0.1, 0.15) is 5.75 Å². The number of carbonyl (C=O) groups is 1. The molecule has 3 N–H and O–H groups in total. The summed E-state index contributed by atoms with van der Waals surface area (Å²) in [5.41, 5.74) is 0.885. The molecule has 0 unspecified atom stereocenters. The van der Waals surface area contributed by atoms with E-state index in [0.717, 1.165) is 34.7 Å². The molecule has 0 aliphatic heterocycles. The lowest BCUT2D eigenvalue weighted by molar-refractivity contribution is -0.152. The highest BCUT2D eigenvalue weighted by Gasteiger charge is 2.29. The molecule has 0 aliphatic carbocycles. The standard InChI is InChI=1S/C27H28N2O5/c1-27(2,25(31)32)34-22-14-11-18(12-15-22)6-5-9-23-24(30)29(26(33)28-23)17-19-10-13-20-7-3-4-8-21(20)16-19/h3-4,7-8,10-16,30H,5-6,9,17H2,1-2H3,(H,28,33)(H,31,32). The van der Waals surface area contributed by atoms with Crippen molar-refractivity contribution in [2.45, 2.75) is 45.3 Å². The predicted molar refractivity (Wildman–Crippen MR) is 131 cm³/mol. The first kappa shape index (κ1) is 23.2. The first-order valence-corrected chi connectivity index (χ1v) is 11.2. The van der Waals surface area contributed by atoms with E-state index < -0.39 is 11.6 Å². The third-order valence-corrected chi connectivity index (χ3v) is 5.89. The fourth-order valence-electron chi connectivity index (χ4n) is 3.88. The molecular formula is C27H28N2O5. The minimum absolute atomic E-state index is 0.0298. The second-order valence-electron chi connectivity index (χ2n) is 8.91. The Hall–Kier alpha value is -4.00. The number of aromatic nitrogens is 2. The van der Waals surface area contributed by atoms with Gasteiger partial charge in [-0.05, 0) is 73.2 Å². The molecule has 4 aromatic rings. The molecule has 0 amide bonds. The highest BCUT2D eigenvalue weighted by Crippen LogP contribution is 2.22. The molecule has 0 spiro atoms. The number of H-pyrrole nitrogens is 1. The summed E-state index contributed by atoms with van der Waals surface area (Å²) in [6.45, 7) is 3.30. The van der Waals surface area contributed by atoms with E-state index in [-0.39, 0.29) is 11.6 Å². The molecule has 0 bridgehead atoms. The quantitative estimate of drug-likeness (QED) is 0.341. The van der Waals surface area contributed by atoms with E-state index in [1.54, 1.807) is 12.1 Å². The summed E-state index contributed by atoms with van der Waals surface area (Å²) in [5, 5.41) is 22.0. The van der Waals surface area contributed by atoms with Crippen molar-refractivity contribution >= 4 is 16.7 Å². The number of aryl methyl sites for hydroxylation is 2. The number of nitrogens with one attached hydrogen (secondary N) is 1. The SMILES string of the molecule is CC(C)(Oc1ccc(CCCc2[nH]c(=O)n(Cc3ccc4ccccc4c3)c2O)cc1)C(=O)O. The lowest BCUT2D eigenvalue weighted by Gasteiger charge is -2.21. The molecule has 7 heteroatoms. The van der Waals surface area contributed by atoms with E-state index >= 15 is 0 Å². The number of carboxylic acid groups (broad SMARTS) is 1. The summed E-state index contributed by atoms with van der Waals surface area (Å²) < 4.78 is 6.88. The monoisotopic (exact) mass is 460 g/mol. The van der Waals surface area contributed by atoms with Gasteiger partial charge in [0, 0.05) is 0 Å². The maximum atomic E-state index is 12.5. The molecule has 3 aromatic carbocycles. The number of hydrogen-bond acceptors (Lipinski definition) is 4. The van der Waals surface area contributed by atoms with Crippen LogP contribution in [0.15, 0.2) is 71.5 Å². The van der Waals surface area contributed by atoms with Crippen molar-refractivity contribution in [2.24, 2.45) is 0 Å². The van der Waals surface area contributed by atoms with Crippen molar-refractivity contribution in [2.75, 3.05) is 0 Å². The van der Waals surface area contributed by atoms with Crippen LogP contribution in [0.1, 0.15) is 37.1 Å². The summed E-state index contributed by atoms with van der Waals surface area (Å²) >= 11 is 0. The highest BCUT2D eigenvalue weighted by atomic mass is 16.5. The number of fused-ring (bicyclic) bond motifs is 1. The van der Waals surface area contributed by atoms with Crippen LogP contribution in [0.25, 0.3) is 10.8 Å². The molecule has 0 aliphatic rings. The number of nitrogens with zero attached hydrogens (tertiary/aromatic N) is 1. The molecule has 0 saturated carbocycles. The number of benzene rings is 3. The Kier molecular flexibility index (Phi) is 6.45. The van der Waals surface area contributed by atoms with E-state index in [4.69, 9.17) is 4.74 Å². The van der Waals surface area contributed by atoms with Gasteiger partial charge in [0.25, 0.3) is 0 Å². The molecule has 176 valence electrons. The Morgan fingerprint density at radius 2 is 1.65 bits per heavy atom. The summed E-state index contributed by atoms with van der Waals surface area (Å²) in [7, 11) is 0. The molecule has 1 aromatic heterocycles. The van der Waals surface area contributed by atoms with Gasteiger partial charge in [-0.2, -0.15) is 0 Å². The van der Waals surface area contributed by atoms with Crippen LogP contribution in [0.2, 0.25) is 0 Å². The second-order valence-corrected chi connectivity index (χ2v) is 8.91. The number of hydrogen-bond donors (Lipinski definition) is 3. The van der Waals surface area contributed by atoms with Gasteiger partial charge >= 0.3 is 11.7 Å². The smallest absolute Gasteiger partial charge is 0.347 e. The van der Waals surface area contributed by atoms with E-state index in [1.807, 2.05) is 54.6 Å². The number of aromatic amines is 1. The second kappa shape index (κ2) is 9.47. The van der Waals surface area contributed by atoms with Crippen molar-refractivity contribution in [3.8, 4) is 11.6 Å². The Labute approximate surface area is 197 Å². The van der Waals surface area contributed by atoms with Gasteiger partial charge in [0.05, 0.1) is 12.2 Å². The van der Waals surface area contributed by atoms with Crippen LogP contribution in [-0.4, -0.2) is 31.3 Å². The number of aromatic hydroxyl groups is 1. The van der Waals surface area contributed by atoms with Crippen molar-refractivity contribution in [1.82, 2.24) is 9.55 Å². The molecule has 0 radical (unpaired) electrons. The molecule has 1 heterocycles. The maximum absolute atomic E-state index is 12.5. The average molecular weight is 461 g/mol. The van der Waals surface area contributed by atoms with Crippen LogP contribution in [0.3, 0.4) is 0 Å². The molecule has 0 fully saturated rings. The van der Waals surface area contributed by atoms with E-state index in [0.29, 0.717) is 24.4 Å². The fourth-order valence-corrected chi connectivity index (χ4v) is 3.88. The molecule has 4 rings (SSSR count). The topological polar surface area (TPSA) is 105 Å². The minimum Gasteiger partial charge on any atom is -0.493 e. The zero-order chi connectivity index (χ0) is 24.3. The number of imidazole rings is 1. The molecule has 0 saturated heterocycles. The molecule has 0 atom stereocenters. The van der Waals surface area contributed by atoms with E-state index in [2.05, 4.69) is 4.98 Å². The van der Waals surface area contributed by atoms with Crippen LogP contribution in [0.4, 0.5) is 0 Å². The lowest BCUT2D eigenvalue weighted by atomic mass is 10.1. The zero-order valence-electron chi connectivity index (χ0n) is 19.2. The summed E-state index contributed by atoms with van der Waals surface area (Å²) in [6.07, 6.45) is 1.99. The minimum atomic E-state index is -1.30. The maximum Gasteiger partial charge on any atom is 0.347 e. The van der Waals surface area contributed by atoms with Crippen molar-refractivity contribution in [3.05, 3.63) is 94.0 Å². The van der Waals surface area contributed by atoms with Crippen LogP contribution >= 0.6 is 0 Å². The van der Waals surface area contributed by atoms with Crippen LogP contribution in [-0.2, 0) is 24.2 Å². The van der Waals surface area contributed by atoms with Gasteiger partial charge in [-0.15, -0.1) is 0 Å². The largest absolute Gasteiger partial charge is 0.493 e. The van der Waals surface area contributed by atoms with Gasteiger partial charge in [-0.1, -0.05) is 48.5 Å². The predicted octanol–water partition coefficient (Wildman–Crippen LogP) is 4.50. The Bertz CT molecular complexity index is 1370. The summed E-state index contributed by atoms with van der Waals surface area (Å²) in [5.74, 6) is -0.570. The third-order valence-electron chi connectivity index (χ3n) is 5.89. The van der Waals surface area contributed by atoms with Gasteiger partial charge < -0.3 is 19.9 Å². The number of carboxylic acids is 1. The normalized spacial score (nSPS) is 11.6. The lowest BCUT2D eigenvalue weighted by Crippen LogP contribution is -2.37. The van der Waals surface area contributed by atoms with Crippen molar-refractivity contribution < 1.29 is 19.7 Å².